The Balaban J connectivity index is 1.21. The van der Waals surface area contributed by atoms with Gasteiger partial charge in [-0.05, 0) is 84.9 Å². The van der Waals surface area contributed by atoms with Crippen molar-refractivity contribution < 1.29 is 0 Å². The van der Waals surface area contributed by atoms with Crippen LogP contribution in [0.4, 0.5) is 0 Å². The highest BCUT2D eigenvalue weighted by atomic mass is 15.1. The summed E-state index contributed by atoms with van der Waals surface area (Å²) in [6.07, 6.45) is 0. The molecule has 6 heteroatoms. The van der Waals surface area contributed by atoms with E-state index in [1.54, 1.807) is 0 Å². The highest BCUT2D eigenvalue weighted by Gasteiger charge is 2.30. The lowest BCUT2D eigenvalue weighted by Crippen LogP contribution is -2.05. The van der Waals surface area contributed by atoms with E-state index in [9.17, 15) is 0 Å². The summed E-state index contributed by atoms with van der Waals surface area (Å²) in [6.45, 7) is 0. The number of nitrogens with zero attached hydrogens (tertiary/aromatic N) is 6. The third-order valence-corrected chi connectivity index (χ3v) is 15.0. The largest absolute Gasteiger partial charge is 0.306 e. The number of para-hydroxylation sites is 10. The SMILES string of the molecule is c1ccc(-n2c3ccccc3n3c4c(cccc42)c2cc4c5ccccc5n5c4c(c23)n2c3ccccc3c3cc4c6cccc7c6n(c6ccccc6n7-c6ccccc6)c4c5c32)cc1. The lowest BCUT2D eigenvalue weighted by Gasteiger charge is -2.19. The van der Waals surface area contributed by atoms with E-state index in [1.807, 2.05) is 0 Å². The molecule has 10 aromatic carbocycles. The van der Waals surface area contributed by atoms with Crippen molar-refractivity contribution in [1.29, 1.82) is 0 Å². The van der Waals surface area contributed by atoms with Crippen LogP contribution in [0, 0.1) is 0 Å². The van der Waals surface area contributed by atoms with Crippen molar-refractivity contribution in [1.82, 2.24) is 26.7 Å². The monoisotopic (exact) mass is 838 g/mol. The third-order valence-electron chi connectivity index (χ3n) is 15.0. The number of fused-ring (bicyclic) bond motifs is 20. The van der Waals surface area contributed by atoms with Gasteiger partial charge in [-0.2, -0.15) is 0 Å². The van der Waals surface area contributed by atoms with Crippen molar-refractivity contribution in [3.8, 4) is 11.4 Å². The maximum Gasteiger partial charge on any atom is 0.0960 e. The second kappa shape index (κ2) is 11.6. The Kier molecular flexibility index (Phi) is 5.88. The van der Waals surface area contributed by atoms with Gasteiger partial charge in [0, 0.05) is 54.5 Å². The van der Waals surface area contributed by atoms with Gasteiger partial charge in [0.15, 0.2) is 0 Å². The summed E-state index contributed by atoms with van der Waals surface area (Å²) in [5.74, 6) is 0. The maximum atomic E-state index is 2.65. The first-order valence-corrected chi connectivity index (χ1v) is 22.8. The molecule has 66 heavy (non-hydrogen) atoms. The van der Waals surface area contributed by atoms with Gasteiger partial charge in [0.05, 0.1) is 88.3 Å². The first kappa shape index (κ1) is 33.5. The maximum absolute atomic E-state index is 2.65. The van der Waals surface area contributed by atoms with E-state index in [0.29, 0.717) is 0 Å². The fraction of sp³-hybridized carbons (Fsp3) is 0. The normalized spacial score (nSPS) is 12.8. The molecule has 0 saturated carbocycles. The fourth-order valence-electron chi connectivity index (χ4n) is 12.6. The summed E-state index contributed by atoms with van der Waals surface area (Å²) >= 11 is 0. The van der Waals surface area contributed by atoms with Crippen LogP contribution in [-0.4, -0.2) is 26.7 Å². The molecule has 0 atom stereocenters. The van der Waals surface area contributed by atoms with Crippen LogP contribution in [0.2, 0.25) is 0 Å². The van der Waals surface area contributed by atoms with Crippen molar-refractivity contribution in [3.05, 3.63) is 206 Å². The fourth-order valence-corrected chi connectivity index (χ4v) is 12.6. The summed E-state index contributed by atoms with van der Waals surface area (Å²) in [7, 11) is 0. The summed E-state index contributed by atoms with van der Waals surface area (Å²) in [6, 6.07) is 76.5. The average Bonchev–Trinajstić information content (AvgIpc) is 4.11. The molecule has 0 N–H and O–H groups in total. The van der Waals surface area contributed by atoms with Crippen molar-refractivity contribution in [2.45, 2.75) is 0 Å². The van der Waals surface area contributed by atoms with Gasteiger partial charge in [-0.15, -0.1) is 0 Å². The van der Waals surface area contributed by atoms with Gasteiger partial charge in [0.25, 0.3) is 0 Å². The second-order valence-corrected chi connectivity index (χ2v) is 18.1. The Morgan fingerprint density at radius 1 is 0.182 bits per heavy atom. The van der Waals surface area contributed by atoms with Crippen molar-refractivity contribution in [3.63, 3.8) is 0 Å². The Morgan fingerprint density at radius 2 is 0.485 bits per heavy atom. The molecule has 0 saturated heterocycles. The minimum atomic E-state index is 1.15. The summed E-state index contributed by atoms with van der Waals surface area (Å²) in [5, 5.41) is 10.0. The summed E-state index contributed by atoms with van der Waals surface area (Å²) < 4.78 is 15.4. The van der Waals surface area contributed by atoms with E-state index in [2.05, 4.69) is 233 Å². The molecule has 17 rings (SSSR count). The topological polar surface area (TPSA) is 27.5 Å². The van der Waals surface area contributed by atoms with E-state index in [-0.39, 0.29) is 0 Å². The average molecular weight is 839 g/mol. The molecule has 6 nitrogen and oxygen atoms in total. The van der Waals surface area contributed by atoms with Gasteiger partial charge < -0.3 is 26.7 Å². The van der Waals surface area contributed by atoms with Crippen molar-refractivity contribution >= 4 is 131 Å². The number of aromatic nitrogens is 6. The molecule has 0 radical (unpaired) electrons. The highest BCUT2D eigenvalue weighted by Crippen LogP contribution is 2.50. The highest BCUT2D eigenvalue weighted by molar-refractivity contribution is 6.35. The Bertz CT molecular complexity index is 4660. The molecule has 0 aliphatic rings. The van der Waals surface area contributed by atoms with E-state index < -0.39 is 0 Å². The molecule has 0 aliphatic heterocycles. The Hall–Kier alpha value is -9.00. The molecule has 0 fully saturated rings. The van der Waals surface area contributed by atoms with E-state index in [0.717, 1.165) is 22.4 Å². The molecule has 17 aromatic rings. The van der Waals surface area contributed by atoms with Gasteiger partial charge in [-0.1, -0.05) is 121 Å². The summed E-state index contributed by atoms with van der Waals surface area (Å²) in [4.78, 5) is 0. The Morgan fingerprint density at radius 3 is 0.909 bits per heavy atom. The molecular formula is C60H34N6. The van der Waals surface area contributed by atoms with Gasteiger partial charge in [-0.25, -0.2) is 0 Å². The number of hydrogen-bond acceptors (Lipinski definition) is 0. The smallest absolute Gasteiger partial charge is 0.0960 e. The standard InChI is InChI=1S/C60H34N6/c1-3-17-35(18-4-1)61-47-27-11-13-29-49(47)65-53-39(23-15-31-51(53)61)43-33-41-37-21-7-10-26-46(37)64-55(41)59(57(43)65)63-45-25-9-8-22-38(45)42-34-44-40-24-16-32-52-54(40)66(58(44)60(64)56(42)63)50-30-14-12-28-48(50)62(52)36-19-5-2-6-20-36/h1-34H. The van der Waals surface area contributed by atoms with Crippen LogP contribution < -0.4 is 0 Å². The molecule has 0 amide bonds. The molecule has 7 aromatic heterocycles. The minimum Gasteiger partial charge on any atom is -0.306 e. The van der Waals surface area contributed by atoms with Crippen molar-refractivity contribution in [2.24, 2.45) is 0 Å². The Labute approximate surface area is 374 Å². The first-order chi connectivity index (χ1) is 32.8. The first-order valence-electron chi connectivity index (χ1n) is 22.8. The molecule has 0 aliphatic carbocycles. The number of hydrogen-bond donors (Lipinski definition) is 0. The van der Waals surface area contributed by atoms with Crippen molar-refractivity contribution in [2.75, 3.05) is 0 Å². The predicted molar refractivity (Wildman–Crippen MR) is 275 cm³/mol. The van der Waals surface area contributed by atoms with Crippen LogP contribution in [0.15, 0.2) is 206 Å². The number of rotatable bonds is 2. The predicted octanol–water partition coefficient (Wildman–Crippen LogP) is 15.2. The van der Waals surface area contributed by atoms with E-state index in [4.69, 9.17) is 0 Å². The lowest BCUT2D eigenvalue weighted by atomic mass is 10.1. The van der Waals surface area contributed by atoms with Crippen LogP contribution in [0.25, 0.3) is 143 Å². The van der Waals surface area contributed by atoms with Gasteiger partial charge in [0.1, 0.15) is 0 Å². The minimum absolute atomic E-state index is 1.15. The lowest BCUT2D eigenvalue weighted by molar-refractivity contribution is 1.13. The zero-order valence-corrected chi connectivity index (χ0v) is 35.3. The summed E-state index contributed by atoms with van der Waals surface area (Å²) in [5.41, 5.74) is 21.5. The molecule has 0 spiro atoms. The van der Waals surface area contributed by atoms with Gasteiger partial charge >= 0.3 is 0 Å². The molecule has 304 valence electrons. The van der Waals surface area contributed by atoms with Crippen LogP contribution in [0.5, 0.6) is 0 Å². The molecule has 0 bridgehead atoms. The van der Waals surface area contributed by atoms with Crippen LogP contribution >= 0.6 is 0 Å². The van der Waals surface area contributed by atoms with Crippen LogP contribution in [-0.2, 0) is 0 Å². The second-order valence-electron chi connectivity index (χ2n) is 18.1. The molecule has 0 unspecified atom stereocenters. The van der Waals surface area contributed by atoms with E-state index in [1.165, 1.54) is 120 Å². The van der Waals surface area contributed by atoms with Gasteiger partial charge in [0.2, 0.25) is 0 Å². The van der Waals surface area contributed by atoms with Crippen LogP contribution in [0.3, 0.4) is 0 Å². The quantitative estimate of drug-likeness (QED) is 0.155. The van der Waals surface area contributed by atoms with Gasteiger partial charge in [-0.3, -0.25) is 0 Å². The third kappa shape index (κ3) is 3.74. The zero-order chi connectivity index (χ0) is 42.5. The van der Waals surface area contributed by atoms with Crippen LogP contribution in [0.1, 0.15) is 0 Å². The molecule has 7 heterocycles. The van der Waals surface area contributed by atoms with E-state index >= 15 is 0 Å². The zero-order valence-electron chi connectivity index (χ0n) is 35.3. The molecular weight excluding hydrogens is 805 g/mol. The number of benzene rings is 10.